The highest BCUT2D eigenvalue weighted by molar-refractivity contribution is 6.39. The summed E-state index contributed by atoms with van der Waals surface area (Å²) in [4.78, 5) is 37.0. The molecule has 0 atom stereocenters. The molecule has 7 nitrogen and oxygen atoms in total. The fraction of sp³-hybridized carbons (Fsp3) is 0.714. The number of amides is 3. The van der Waals surface area contributed by atoms with Gasteiger partial charge in [-0.2, -0.15) is 5.10 Å². The number of hydrogen-bond acceptors (Lipinski definition) is 4. The van der Waals surface area contributed by atoms with E-state index in [1.807, 2.05) is 0 Å². The standard InChI is InChI=1S/C14H20N4O3/c1-17-12(20)3-2-10(16-17)13(21)18-6-4-14(5-7-18)8-11(19)15-9-14/h2-9H2,1H3,(H,15,19). The van der Waals surface area contributed by atoms with Crippen LogP contribution in [0.3, 0.4) is 0 Å². The molecule has 1 N–H and O–H groups in total. The Kier molecular flexibility index (Phi) is 3.43. The number of piperidine rings is 1. The Bertz CT molecular complexity index is 520. The highest BCUT2D eigenvalue weighted by atomic mass is 16.2. The van der Waals surface area contributed by atoms with E-state index in [-0.39, 0.29) is 23.1 Å². The molecule has 3 aliphatic rings. The molecule has 7 heteroatoms. The third kappa shape index (κ3) is 2.64. The number of likely N-dealkylation sites (tertiary alicyclic amines) is 1. The lowest BCUT2D eigenvalue weighted by molar-refractivity contribution is -0.131. The maximum atomic E-state index is 12.4. The van der Waals surface area contributed by atoms with Crippen LogP contribution in [0.2, 0.25) is 0 Å². The van der Waals surface area contributed by atoms with Crippen molar-refractivity contribution >= 4 is 23.4 Å². The van der Waals surface area contributed by atoms with Crippen LogP contribution in [-0.4, -0.2) is 60.0 Å². The molecule has 0 aromatic carbocycles. The van der Waals surface area contributed by atoms with E-state index in [1.165, 1.54) is 5.01 Å². The van der Waals surface area contributed by atoms with Gasteiger partial charge in [0.25, 0.3) is 5.91 Å². The molecule has 21 heavy (non-hydrogen) atoms. The third-order valence-corrected chi connectivity index (χ3v) is 4.76. The van der Waals surface area contributed by atoms with Gasteiger partial charge >= 0.3 is 0 Å². The van der Waals surface area contributed by atoms with Gasteiger partial charge in [0.05, 0.1) is 0 Å². The smallest absolute Gasteiger partial charge is 0.270 e. The van der Waals surface area contributed by atoms with Gasteiger partial charge in [-0.3, -0.25) is 14.4 Å². The first-order valence-electron chi connectivity index (χ1n) is 7.39. The fourth-order valence-corrected chi connectivity index (χ4v) is 3.30. The van der Waals surface area contributed by atoms with Crippen LogP contribution in [0, 0.1) is 5.41 Å². The Labute approximate surface area is 123 Å². The molecule has 1 spiro atoms. The summed E-state index contributed by atoms with van der Waals surface area (Å²) < 4.78 is 0. The summed E-state index contributed by atoms with van der Waals surface area (Å²) >= 11 is 0. The van der Waals surface area contributed by atoms with E-state index in [2.05, 4.69) is 10.4 Å². The summed E-state index contributed by atoms with van der Waals surface area (Å²) in [6, 6.07) is 0. The second kappa shape index (κ2) is 5.13. The molecule has 0 aromatic rings. The maximum absolute atomic E-state index is 12.4. The minimum Gasteiger partial charge on any atom is -0.356 e. The first-order chi connectivity index (χ1) is 9.99. The van der Waals surface area contributed by atoms with Crippen LogP contribution in [0.4, 0.5) is 0 Å². The predicted molar refractivity (Wildman–Crippen MR) is 75.3 cm³/mol. The third-order valence-electron chi connectivity index (χ3n) is 4.76. The van der Waals surface area contributed by atoms with Crippen LogP contribution < -0.4 is 5.32 Å². The topological polar surface area (TPSA) is 82.1 Å². The van der Waals surface area contributed by atoms with Gasteiger partial charge in [-0.1, -0.05) is 0 Å². The average Bonchev–Trinajstić information content (AvgIpc) is 2.83. The van der Waals surface area contributed by atoms with E-state index in [0.29, 0.717) is 38.1 Å². The highest BCUT2D eigenvalue weighted by Gasteiger charge is 2.42. The molecule has 0 saturated carbocycles. The van der Waals surface area contributed by atoms with Crippen LogP contribution in [0.5, 0.6) is 0 Å². The molecule has 3 amide bonds. The summed E-state index contributed by atoms with van der Waals surface area (Å²) in [6.07, 6.45) is 3.03. The van der Waals surface area contributed by atoms with Crippen LogP contribution in [0.15, 0.2) is 5.10 Å². The quantitative estimate of drug-likeness (QED) is 0.722. The van der Waals surface area contributed by atoms with Gasteiger partial charge in [-0.05, 0) is 18.3 Å². The number of carbonyl (C=O) groups is 3. The number of nitrogens with one attached hydrogen (secondary N) is 1. The van der Waals surface area contributed by atoms with E-state index in [1.54, 1.807) is 11.9 Å². The van der Waals surface area contributed by atoms with E-state index in [9.17, 15) is 14.4 Å². The van der Waals surface area contributed by atoms with E-state index in [0.717, 1.165) is 19.4 Å². The van der Waals surface area contributed by atoms with Crippen molar-refractivity contribution in [3.8, 4) is 0 Å². The van der Waals surface area contributed by atoms with Crippen molar-refractivity contribution in [2.45, 2.75) is 32.1 Å². The minimum atomic E-state index is -0.0681. The first kappa shape index (κ1) is 14.0. The first-order valence-corrected chi connectivity index (χ1v) is 7.39. The van der Waals surface area contributed by atoms with Crippen LogP contribution in [0.1, 0.15) is 32.1 Å². The SMILES string of the molecule is CN1N=C(C(=O)N2CCC3(CC2)CNC(=O)C3)CCC1=O. The molecule has 0 bridgehead atoms. The lowest BCUT2D eigenvalue weighted by atomic mass is 9.77. The van der Waals surface area contributed by atoms with Gasteiger partial charge in [0.15, 0.2) is 0 Å². The summed E-state index contributed by atoms with van der Waals surface area (Å²) in [6.45, 7) is 2.04. The number of hydrogen-bond donors (Lipinski definition) is 1. The van der Waals surface area contributed by atoms with Crippen molar-refractivity contribution in [2.75, 3.05) is 26.7 Å². The molecular formula is C14H20N4O3. The van der Waals surface area contributed by atoms with Gasteiger partial charge < -0.3 is 10.2 Å². The van der Waals surface area contributed by atoms with Gasteiger partial charge in [-0.25, -0.2) is 5.01 Å². The molecule has 0 unspecified atom stereocenters. The molecule has 2 saturated heterocycles. The molecule has 0 radical (unpaired) electrons. The van der Waals surface area contributed by atoms with E-state index >= 15 is 0 Å². The number of rotatable bonds is 1. The van der Waals surface area contributed by atoms with Gasteiger partial charge in [0, 0.05) is 45.9 Å². The lowest BCUT2D eigenvalue weighted by Gasteiger charge is -2.38. The van der Waals surface area contributed by atoms with Crippen molar-refractivity contribution in [1.29, 1.82) is 0 Å². The monoisotopic (exact) mass is 292 g/mol. The Hall–Kier alpha value is -1.92. The average molecular weight is 292 g/mol. The molecule has 114 valence electrons. The molecule has 3 heterocycles. The fourth-order valence-electron chi connectivity index (χ4n) is 3.30. The summed E-state index contributed by atoms with van der Waals surface area (Å²) in [5.41, 5.74) is 0.503. The normalized spacial score (nSPS) is 25.1. The minimum absolute atomic E-state index is 0.0367. The Morgan fingerprint density at radius 1 is 1.24 bits per heavy atom. The Balaban J connectivity index is 1.62. The zero-order chi connectivity index (χ0) is 15.0. The Morgan fingerprint density at radius 3 is 2.52 bits per heavy atom. The summed E-state index contributed by atoms with van der Waals surface area (Å²) in [5, 5.41) is 8.22. The van der Waals surface area contributed by atoms with Crippen molar-refractivity contribution in [2.24, 2.45) is 10.5 Å². The molecule has 2 fully saturated rings. The molecule has 0 aliphatic carbocycles. The van der Waals surface area contributed by atoms with E-state index in [4.69, 9.17) is 0 Å². The lowest BCUT2D eigenvalue weighted by Crippen LogP contribution is -2.47. The molecule has 0 aromatic heterocycles. The van der Waals surface area contributed by atoms with Crippen molar-refractivity contribution in [3.05, 3.63) is 0 Å². The van der Waals surface area contributed by atoms with Gasteiger partial charge in [-0.15, -0.1) is 0 Å². The van der Waals surface area contributed by atoms with Crippen molar-refractivity contribution in [3.63, 3.8) is 0 Å². The number of nitrogens with zero attached hydrogens (tertiary/aromatic N) is 3. The van der Waals surface area contributed by atoms with Crippen molar-refractivity contribution < 1.29 is 14.4 Å². The highest BCUT2D eigenvalue weighted by Crippen LogP contribution is 2.37. The van der Waals surface area contributed by atoms with Crippen LogP contribution >= 0.6 is 0 Å². The van der Waals surface area contributed by atoms with E-state index < -0.39 is 0 Å². The molecule has 3 aliphatic heterocycles. The van der Waals surface area contributed by atoms with Crippen LogP contribution in [0.25, 0.3) is 0 Å². The number of carbonyl (C=O) groups excluding carboxylic acids is 3. The predicted octanol–water partition coefficient (Wildman–Crippen LogP) is -0.277. The van der Waals surface area contributed by atoms with Crippen LogP contribution in [-0.2, 0) is 14.4 Å². The Morgan fingerprint density at radius 2 is 1.95 bits per heavy atom. The zero-order valence-electron chi connectivity index (χ0n) is 12.2. The zero-order valence-corrected chi connectivity index (χ0v) is 12.2. The molecular weight excluding hydrogens is 272 g/mol. The summed E-state index contributed by atoms with van der Waals surface area (Å²) in [7, 11) is 1.58. The van der Waals surface area contributed by atoms with Crippen molar-refractivity contribution in [1.82, 2.24) is 15.2 Å². The summed E-state index contributed by atoms with van der Waals surface area (Å²) in [5.74, 6) is -0.00672. The number of hydrazone groups is 1. The second-order valence-corrected chi connectivity index (χ2v) is 6.21. The van der Waals surface area contributed by atoms with Gasteiger partial charge in [0.1, 0.15) is 5.71 Å². The largest absolute Gasteiger partial charge is 0.356 e. The van der Waals surface area contributed by atoms with Gasteiger partial charge in [0.2, 0.25) is 11.8 Å². The maximum Gasteiger partial charge on any atom is 0.270 e. The second-order valence-electron chi connectivity index (χ2n) is 6.21. The molecule has 3 rings (SSSR count).